The molecule has 1 unspecified atom stereocenters. The lowest BCUT2D eigenvalue weighted by Gasteiger charge is -2.41. The van der Waals surface area contributed by atoms with E-state index >= 15 is 0 Å². The van der Waals surface area contributed by atoms with Crippen LogP contribution in [0.4, 0.5) is 16.2 Å². The van der Waals surface area contributed by atoms with E-state index in [1.807, 2.05) is 60.4 Å². The van der Waals surface area contributed by atoms with Crippen molar-refractivity contribution >= 4 is 23.2 Å². The van der Waals surface area contributed by atoms with E-state index in [9.17, 15) is 4.79 Å². The number of aryl methyl sites for hydroxylation is 2. The van der Waals surface area contributed by atoms with Gasteiger partial charge in [0.25, 0.3) is 0 Å². The summed E-state index contributed by atoms with van der Waals surface area (Å²) >= 11 is 0. The molecule has 0 saturated carbocycles. The van der Waals surface area contributed by atoms with Crippen molar-refractivity contribution in [2.45, 2.75) is 26.8 Å². The number of methoxy groups -OCH3 is 1. The van der Waals surface area contributed by atoms with Crippen LogP contribution in [0.2, 0.25) is 0 Å². The Balaban J connectivity index is 1.39. The average molecular weight is 471 g/mol. The molecule has 2 aliphatic rings. The maximum Gasteiger partial charge on any atom is 0.322 e. The lowest BCUT2D eigenvalue weighted by atomic mass is 10.1. The van der Waals surface area contributed by atoms with Gasteiger partial charge < -0.3 is 24.6 Å². The molecule has 0 bridgehead atoms. The lowest BCUT2D eigenvalue weighted by Crippen LogP contribution is -2.56. The van der Waals surface area contributed by atoms with Gasteiger partial charge in [0.1, 0.15) is 23.0 Å². The first-order valence-corrected chi connectivity index (χ1v) is 11.9. The van der Waals surface area contributed by atoms with E-state index in [2.05, 4.69) is 36.2 Å². The summed E-state index contributed by atoms with van der Waals surface area (Å²) in [6.07, 6.45) is 0. The molecule has 2 amide bonds. The van der Waals surface area contributed by atoms with Gasteiger partial charge in [0.15, 0.2) is 5.75 Å². The van der Waals surface area contributed by atoms with E-state index in [1.165, 1.54) is 0 Å². The van der Waals surface area contributed by atoms with E-state index in [1.54, 1.807) is 7.11 Å². The highest BCUT2D eigenvalue weighted by atomic mass is 16.5. The van der Waals surface area contributed by atoms with Crippen LogP contribution in [0.15, 0.2) is 65.7 Å². The number of hydrogen-bond donors (Lipinski definition) is 1. The summed E-state index contributed by atoms with van der Waals surface area (Å²) in [4.78, 5) is 22.3. The molecule has 1 atom stereocenters. The van der Waals surface area contributed by atoms with Crippen LogP contribution in [0.1, 0.15) is 23.6 Å². The van der Waals surface area contributed by atoms with Gasteiger partial charge in [-0.2, -0.15) is 0 Å². The highest BCUT2D eigenvalue weighted by molar-refractivity contribution is 6.04. The van der Waals surface area contributed by atoms with Gasteiger partial charge in [-0.25, -0.2) is 9.79 Å². The predicted octanol–water partition coefficient (Wildman–Crippen LogP) is 5.73. The van der Waals surface area contributed by atoms with Gasteiger partial charge >= 0.3 is 6.03 Å². The lowest BCUT2D eigenvalue weighted by molar-refractivity contribution is 0.145. The summed E-state index contributed by atoms with van der Waals surface area (Å²) in [5, 5.41) is 3.00. The maximum absolute atomic E-state index is 13.1. The number of piperazine rings is 1. The second-order valence-electron chi connectivity index (χ2n) is 9.16. The van der Waals surface area contributed by atoms with Crippen LogP contribution in [0.25, 0.3) is 0 Å². The Bertz CT molecular complexity index is 1300. The van der Waals surface area contributed by atoms with Crippen molar-refractivity contribution in [3.8, 4) is 17.2 Å². The monoisotopic (exact) mass is 470 g/mol. The smallest absolute Gasteiger partial charge is 0.322 e. The molecule has 2 aliphatic heterocycles. The normalized spacial score (nSPS) is 16.9. The van der Waals surface area contributed by atoms with E-state index in [0.29, 0.717) is 31.1 Å². The second kappa shape index (κ2) is 9.33. The number of amidine groups is 1. The van der Waals surface area contributed by atoms with Crippen molar-refractivity contribution in [2.75, 3.05) is 32.1 Å². The third kappa shape index (κ3) is 4.67. The quantitative estimate of drug-likeness (QED) is 0.519. The number of amides is 2. The molecule has 2 heterocycles. The molecule has 0 aromatic heterocycles. The first-order valence-electron chi connectivity index (χ1n) is 11.9. The molecule has 0 aliphatic carbocycles. The van der Waals surface area contributed by atoms with E-state index in [4.69, 9.17) is 14.5 Å². The number of hydrogen-bond acceptors (Lipinski definition) is 5. The van der Waals surface area contributed by atoms with Crippen LogP contribution in [0.5, 0.6) is 17.2 Å². The van der Waals surface area contributed by atoms with E-state index < -0.39 is 0 Å². The minimum absolute atomic E-state index is 0.00743. The Labute approximate surface area is 206 Å². The Morgan fingerprint density at radius 2 is 1.83 bits per heavy atom. The van der Waals surface area contributed by atoms with Crippen LogP contribution < -0.4 is 14.8 Å². The van der Waals surface area contributed by atoms with Gasteiger partial charge in [-0.3, -0.25) is 0 Å². The number of benzene rings is 3. The van der Waals surface area contributed by atoms with Crippen LogP contribution in [-0.2, 0) is 0 Å². The zero-order valence-corrected chi connectivity index (χ0v) is 20.5. The van der Waals surface area contributed by atoms with Crippen LogP contribution in [0, 0.1) is 13.8 Å². The number of nitrogens with one attached hydrogen (secondary N) is 1. The Morgan fingerprint density at radius 1 is 1.03 bits per heavy atom. The minimum atomic E-state index is -0.117. The van der Waals surface area contributed by atoms with Crippen LogP contribution in [0.3, 0.4) is 0 Å². The number of carbonyl (C=O) groups is 1. The number of anilines is 1. The topological polar surface area (TPSA) is 66.4 Å². The predicted molar refractivity (Wildman–Crippen MR) is 138 cm³/mol. The largest absolute Gasteiger partial charge is 0.497 e. The highest BCUT2D eigenvalue weighted by Crippen LogP contribution is 2.39. The number of fused-ring (bicyclic) bond motifs is 2. The summed E-state index contributed by atoms with van der Waals surface area (Å²) < 4.78 is 11.6. The van der Waals surface area contributed by atoms with Gasteiger partial charge in [-0.15, -0.1) is 0 Å². The molecule has 7 heteroatoms. The third-order valence-electron chi connectivity index (χ3n) is 6.45. The Hall–Kier alpha value is -4.00. The SMILES string of the molecule is COc1cccc(NC(=O)N2CCN(C3=Nc4ccc(C)cc4Oc4ccc(C)cc43)CC2C)c1. The zero-order chi connectivity index (χ0) is 24.5. The summed E-state index contributed by atoms with van der Waals surface area (Å²) in [5.41, 5.74) is 4.77. The number of ether oxygens (including phenoxy) is 2. The Morgan fingerprint density at radius 3 is 2.63 bits per heavy atom. The molecular formula is C28H30N4O3. The first-order chi connectivity index (χ1) is 16.9. The van der Waals surface area contributed by atoms with E-state index in [0.717, 1.165) is 39.7 Å². The van der Waals surface area contributed by atoms with Crippen molar-refractivity contribution in [3.05, 3.63) is 77.4 Å². The summed E-state index contributed by atoms with van der Waals surface area (Å²) in [6.45, 7) is 8.11. The number of nitrogens with zero attached hydrogens (tertiary/aromatic N) is 3. The average Bonchev–Trinajstić information content (AvgIpc) is 3.00. The number of urea groups is 1. The standard InChI is InChI=1S/C28H30N4O3/c1-18-9-11-25-23(14-18)27(30-24-10-8-19(2)15-26(24)35-25)31-12-13-32(20(3)17-31)28(33)29-21-6-5-7-22(16-21)34-4/h5-11,14-16,20H,12-13,17H2,1-4H3,(H,29,33). The maximum atomic E-state index is 13.1. The van der Waals surface area contributed by atoms with Crippen LogP contribution in [-0.4, -0.2) is 54.5 Å². The molecule has 35 heavy (non-hydrogen) atoms. The van der Waals surface area contributed by atoms with Crippen molar-refractivity contribution in [1.82, 2.24) is 9.80 Å². The minimum Gasteiger partial charge on any atom is -0.497 e. The van der Waals surface area contributed by atoms with Gasteiger partial charge in [-0.05, 0) is 62.7 Å². The summed E-state index contributed by atoms with van der Waals surface area (Å²) in [7, 11) is 1.61. The molecule has 0 radical (unpaired) electrons. The molecule has 1 fully saturated rings. The molecular weight excluding hydrogens is 440 g/mol. The molecule has 5 rings (SSSR count). The first kappa shape index (κ1) is 22.8. The third-order valence-corrected chi connectivity index (χ3v) is 6.45. The van der Waals surface area contributed by atoms with Gasteiger partial charge in [0, 0.05) is 37.4 Å². The number of aliphatic imine (C=N–C) groups is 1. The number of rotatable bonds is 2. The van der Waals surface area contributed by atoms with Crippen molar-refractivity contribution < 1.29 is 14.3 Å². The van der Waals surface area contributed by atoms with Gasteiger partial charge in [0.2, 0.25) is 0 Å². The molecule has 180 valence electrons. The van der Waals surface area contributed by atoms with Crippen molar-refractivity contribution in [1.29, 1.82) is 0 Å². The summed E-state index contributed by atoms with van der Waals surface area (Å²) in [6, 6.07) is 19.5. The molecule has 1 N–H and O–H groups in total. The Kier molecular flexibility index (Phi) is 6.07. The fraction of sp³-hybridized carbons (Fsp3) is 0.286. The molecule has 3 aromatic carbocycles. The fourth-order valence-electron chi connectivity index (χ4n) is 4.58. The van der Waals surface area contributed by atoms with Crippen LogP contribution >= 0.6 is 0 Å². The molecule has 1 saturated heterocycles. The molecule has 0 spiro atoms. The van der Waals surface area contributed by atoms with E-state index in [-0.39, 0.29) is 12.1 Å². The second-order valence-corrected chi connectivity index (χ2v) is 9.16. The summed E-state index contributed by atoms with van der Waals surface area (Å²) in [5.74, 6) is 3.14. The van der Waals surface area contributed by atoms with Gasteiger partial charge in [-0.1, -0.05) is 23.8 Å². The van der Waals surface area contributed by atoms with Crippen molar-refractivity contribution in [2.24, 2.45) is 4.99 Å². The highest BCUT2D eigenvalue weighted by Gasteiger charge is 2.31. The van der Waals surface area contributed by atoms with Crippen molar-refractivity contribution in [3.63, 3.8) is 0 Å². The van der Waals surface area contributed by atoms with Gasteiger partial charge in [0.05, 0.1) is 12.7 Å². The number of carbonyl (C=O) groups excluding carboxylic acids is 1. The molecule has 7 nitrogen and oxygen atoms in total. The molecule has 3 aromatic rings. The fourth-order valence-corrected chi connectivity index (χ4v) is 4.58. The zero-order valence-electron chi connectivity index (χ0n) is 20.5.